The van der Waals surface area contributed by atoms with Crippen LogP contribution in [0.1, 0.15) is 42.5 Å². The minimum absolute atomic E-state index is 0. The first-order valence-corrected chi connectivity index (χ1v) is 8.85. The maximum atomic E-state index is 12.8. The Labute approximate surface area is 166 Å². The summed E-state index contributed by atoms with van der Waals surface area (Å²) < 4.78 is 1.91. The number of nitrogens with zero attached hydrogens (tertiary/aromatic N) is 2. The lowest BCUT2D eigenvalue weighted by atomic mass is 9.67. The molecule has 1 heterocycles. The van der Waals surface area contributed by atoms with Crippen molar-refractivity contribution in [1.82, 2.24) is 14.9 Å². The van der Waals surface area contributed by atoms with Gasteiger partial charge < -0.3 is 15.6 Å². The van der Waals surface area contributed by atoms with Gasteiger partial charge in [0, 0.05) is 35.7 Å². The lowest BCUT2D eigenvalue weighted by Gasteiger charge is -2.45. The van der Waals surface area contributed by atoms with Crippen LogP contribution in [0.2, 0.25) is 0 Å². The number of hydrogen-bond acceptors (Lipinski definition) is 3. The first-order chi connectivity index (χ1) is 11.7. The Morgan fingerprint density at radius 3 is 2.58 bits per heavy atom. The average Bonchev–Trinajstić information content (AvgIpc) is 3.10. The number of aromatic nitrogens is 2. The van der Waals surface area contributed by atoms with Gasteiger partial charge in [-0.1, -0.05) is 12.5 Å². The average molecular weight is 397 g/mol. The minimum atomic E-state index is 0. The third-order valence-corrected chi connectivity index (χ3v) is 5.59. The molecule has 5 nitrogen and oxygen atoms in total. The summed E-state index contributed by atoms with van der Waals surface area (Å²) in [6.45, 7) is 0. The molecule has 4 rings (SSSR count). The predicted octanol–water partition coefficient (Wildman–Crippen LogP) is 3.35. The van der Waals surface area contributed by atoms with Gasteiger partial charge in [0.25, 0.3) is 5.91 Å². The van der Waals surface area contributed by atoms with Crippen molar-refractivity contribution < 1.29 is 4.79 Å². The molecular formula is C19H26Cl2N4O. The van der Waals surface area contributed by atoms with E-state index in [0.717, 1.165) is 18.5 Å². The van der Waals surface area contributed by atoms with E-state index in [-0.39, 0.29) is 36.8 Å². The van der Waals surface area contributed by atoms with E-state index in [2.05, 4.69) is 10.3 Å². The quantitative estimate of drug-likeness (QED) is 0.834. The molecule has 0 spiro atoms. The van der Waals surface area contributed by atoms with Crippen LogP contribution in [0.4, 0.5) is 0 Å². The predicted molar refractivity (Wildman–Crippen MR) is 107 cm³/mol. The van der Waals surface area contributed by atoms with Crippen molar-refractivity contribution in [2.75, 3.05) is 0 Å². The number of rotatable bonds is 3. The highest BCUT2D eigenvalue weighted by Gasteiger charge is 2.39. The van der Waals surface area contributed by atoms with Crippen LogP contribution in [0.25, 0.3) is 5.69 Å². The Kier molecular flexibility index (Phi) is 7.09. The SMILES string of the molecule is Cl.Cl.NC1CC2CCCC(C1)C2NC(=O)c1cccc(-n2ccnc2)c1. The van der Waals surface area contributed by atoms with Gasteiger partial charge in [0.05, 0.1) is 6.33 Å². The van der Waals surface area contributed by atoms with Crippen molar-refractivity contribution in [3.63, 3.8) is 0 Å². The lowest BCUT2D eigenvalue weighted by Crippen LogP contribution is -2.53. The first kappa shape index (κ1) is 20.7. The molecule has 1 amide bonds. The van der Waals surface area contributed by atoms with Crippen LogP contribution in [-0.2, 0) is 0 Å². The Morgan fingerprint density at radius 1 is 1.19 bits per heavy atom. The number of imidazole rings is 1. The lowest BCUT2D eigenvalue weighted by molar-refractivity contribution is 0.0756. The molecule has 3 N–H and O–H groups in total. The van der Waals surface area contributed by atoms with E-state index in [9.17, 15) is 4.79 Å². The zero-order chi connectivity index (χ0) is 16.5. The van der Waals surface area contributed by atoms with Gasteiger partial charge in [0.2, 0.25) is 0 Å². The smallest absolute Gasteiger partial charge is 0.251 e. The number of nitrogens with two attached hydrogens (primary N) is 1. The fourth-order valence-electron chi connectivity index (χ4n) is 4.48. The number of hydrogen-bond donors (Lipinski definition) is 2. The topological polar surface area (TPSA) is 72.9 Å². The van der Waals surface area contributed by atoms with E-state index in [4.69, 9.17) is 5.73 Å². The van der Waals surface area contributed by atoms with Gasteiger partial charge in [0.1, 0.15) is 0 Å². The number of halogens is 2. The van der Waals surface area contributed by atoms with Crippen molar-refractivity contribution in [3.8, 4) is 5.69 Å². The summed E-state index contributed by atoms with van der Waals surface area (Å²) in [5.74, 6) is 1.09. The van der Waals surface area contributed by atoms with Crippen molar-refractivity contribution in [1.29, 1.82) is 0 Å². The number of carbonyl (C=O) groups excluding carboxylic acids is 1. The monoisotopic (exact) mass is 396 g/mol. The fourth-order valence-corrected chi connectivity index (χ4v) is 4.48. The number of nitrogens with one attached hydrogen (secondary N) is 1. The highest BCUT2D eigenvalue weighted by atomic mass is 35.5. The first-order valence-electron chi connectivity index (χ1n) is 8.85. The standard InChI is InChI=1S/C19H24N4O.2ClH/c20-16-9-13-3-1-4-14(10-16)18(13)22-19(24)15-5-2-6-17(11-15)23-8-7-21-12-23;;/h2,5-8,11-14,16,18H,1,3-4,9-10,20H2,(H,22,24);2*1H. The summed E-state index contributed by atoms with van der Waals surface area (Å²) in [6, 6.07) is 8.27. The molecule has 0 aliphatic heterocycles. The Morgan fingerprint density at radius 2 is 1.92 bits per heavy atom. The fraction of sp³-hybridized carbons (Fsp3) is 0.474. The van der Waals surface area contributed by atoms with Crippen molar-refractivity contribution in [2.24, 2.45) is 17.6 Å². The van der Waals surface area contributed by atoms with Crippen molar-refractivity contribution in [2.45, 2.75) is 44.2 Å². The van der Waals surface area contributed by atoms with Gasteiger partial charge >= 0.3 is 0 Å². The van der Waals surface area contributed by atoms with Crippen LogP contribution < -0.4 is 11.1 Å². The number of fused-ring (bicyclic) bond motifs is 2. The zero-order valence-electron chi connectivity index (χ0n) is 14.6. The third kappa shape index (κ3) is 4.22. The van der Waals surface area contributed by atoms with E-state index >= 15 is 0 Å². The Hall–Kier alpha value is -1.56. The van der Waals surface area contributed by atoms with Gasteiger partial charge in [-0.2, -0.15) is 0 Å². The number of carbonyl (C=O) groups is 1. The maximum Gasteiger partial charge on any atom is 0.251 e. The largest absolute Gasteiger partial charge is 0.349 e. The molecule has 7 heteroatoms. The summed E-state index contributed by atoms with van der Waals surface area (Å²) >= 11 is 0. The molecule has 0 radical (unpaired) electrons. The van der Waals surface area contributed by atoms with Crippen LogP contribution in [0.15, 0.2) is 43.0 Å². The molecule has 2 aromatic rings. The molecule has 2 atom stereocenters. The second kappa shape index (κ2) is 8.89. The molecule has 2 aliphatic rings. The van der Waals surface area contributed by atoms with E-state index in [1.54, 1.807) is 12.5 Å². The molecule has 1 aromatic heterocycles. The summed E-state index contributed by atoms with van der Waals surface area (Å²) in [5.41, 5.74) is 7.83. The molecule has 142 valence electrons. The van der Waals surface area contributed by atoms with Crippen LogP contribution in [0.3, 0.4) is 0 Å². The second-order valence-corrected chi connectivity index (χ2v) is 7.20. The molecule has 0 saturated heterocycles. The summed E-state index contributed by atoms with van der Waals surface area (Å²) in [7, 11) is 0. The summed E-state index contributed by atoms with van der Waals surface area (Å²) in [6.07, 6.45) is 11.1. The summed E-state index contributed by atoms with van der Waals surface area (Å²) in [5, 5.41) is 3.31. The molecule has 2 bridgehead atoms. The second-order valence-electron chi connectivity index (χ2n) is 7.20. The Bertz CT molecular complexity index is 708. The van der Waals surface area contributed by atoms with Crippen LogP contribution in [0.5, 0.6) is 0 Å². The normalized spacial score (nSPS) is 27.0. The molecule has 2 saturated carbocycles. The van der Waals surface area contributed by atoms with Gasteiger partial charge in [-0.15, -0.1) is 24.8 Å². The van der Waals surface area contributed by atoms with Crippen molar-refractivity contribution in [3.05, 3.63) is 48.5 Å². The van der Waals surface area contributed by atoms with Gasteiger partial charge in [0.15, 0.2) is 0 Å². The molecule has 2 unspecified atom stereocenters. The molecule has 2 fully saturated rings. The van der Waals surface area contributed by atoms with Gasteiger partial charge in [-0.3, -0.25) is 4.79 Å². The highest BCUT2D eigenvalue weighted by Crippen LogP contribution is 2.39. The van der Waals surface area contributed by atoms with Gasteiger partial charge in [-0.25, -0.2) is 4.98 Å². The van der Waals surface area contributed by atoms with Crippen LogP contribution in [0, 0.1) is 11.8 Å². The molecular weight excluding hydrogens is 371 g/mol. The van der Waals surface area contributed by atoms with Crippen LogP contribution in [-0.4, -0.2) is 27.5 Å². The molecule has 26 heavy (non-hydrogen) atoms. The highest BCUT2D eigenvalue weighted by molar-refractivity contribution is 5.95. The van der Waals surface area contributed by atoms with E-state index in [0.29, 0.717) is 23.4 Å². The van der Waals surface area contributed by atoms with E-state index in [1.165, 1.54) is 19.3 Å². The van der Waals surface area contributed by atoms with Gasteiger partial charge in [-0.05, 0) is 55.7 Å². The minimum Gasteiger partial charge on any atom is -0.349 e. The molecule has 2 aliphatic carbocycles. The molecule has 1 aromatic carbocycles. The number of amides is 1. The number of benzene rings is 1. The zero-order valence-corrected chi connectivity index (χ0v) is 16.2. The third-order valence-electron chi connectivity index (χ3n) is 5.59. The van der Waals surface area contributed by atoms with Crippen molar-refractivity contribution >= 4 is 30.7 Å². The summed E-state index contributed by atoms with van der Waals surface area (Å²) in [4.78, 5) is 16.8. The maximum absolute atomic E-state index is 12.8. The van der Waals surface area contributed by atoms with Crippen LogP contribution >= 0.6 is 24.8 Å². The van der Waals surface area contributed by atoms with E-state index in [1.807, 2.05) is 35.0 Å². The van der Waals surface area contributed by atoms with E-state index < -0.39 is 0 Å². The Balaban J connectivity index is 0.00000121.